The van der Waals surface area contributed by atoms with Gasteiger partial charge in [0.25, 0.3) is 5.91 Å². The number of nitrogens with one attached hydrogen (secondary N) is 3. The molecule has 0 aliphatic rings. The summed E-state index contributed by atoms with van der Waals surface area (Å²) in [6, 6.07) is 10.3. The van der Waals surface area contributed by atoms with Crippen LogP contribution in [0, 0.1) is 0 Å². The maximum Gasteiger partial charge on any atom is 0.329 e. The Balaban J connectivity index is 1.98. The largest absolute Gasteiger partial charge is 0.494 e. The van der Waals surface area contributed by atoms with Crippen molar-refractivity contribution in [2.24, 2.45) is 5.10 Å². The zero-order valence-electron chi connectivity index (χ0n) is 18.4. The summed E-state index contributed by atoms with van der Waals surface area (Å²) in [6.45, 7) is 4.24. The molecule has 176 valence electrons. The van der Waals surface area contributed by atoms with Crippen molar-refractivity contribution >= 4 is 45.6 Å². The predicted octanol–water partition coefficient (Wildman–Crippen LogP) is 2.46. The first kappa shape index (κ1) is 25.7. The van der Waals surface area contributed by atoms with Crippen LogP contribution < -0.4 is 30.3 Å². The average molecular weight is 521 g/mol. The van der Waals surface area contributed by atoms with Crippen LogP contribution in [0.2, 0.25) is 0 Å². The molecule has 11 heteroatoms. The summed E-state index contributed by atoms with van der Waals surface area (Å²) in [5.74, 6) is -0.629. The van der Waals surface area contributed by atoms with Crippen molar-refractivity contribution in [3.05, 3.63) is 46.4 Å². The van der Waals surface area contributed by atoms with E-state index in [0.29, 0.717) is 46.1 Å². The summed E-state index contributed by atoms with van der Waals surface area (Å²) in [7, 11) is 1.45. The number of nitrogens with zero attached hydrogens (tertiary/aromatic N) is 1. The molecule has 2 aromatic rings. The number of hydrazone groups is 1. The normalized spacial score (nSPS) is 10.4. The van der Waals surface area contributed by atoms with E-state index < -0.39 is 11.8 Å². The molecule has 0 heterocycles. The van der Waals surface area contributed by atoms with Crippen LogP contribution in [0.4, 0.5) is 5.69 Å². The third-order valence-electron chi connectivity index (χ3n) is 3.97. The Bertz CT molecular complexity index is 1010. The molecule has 0 radical (unpaired) electrons. The lowest BCUT2D eigenvalue weighted by Gasteiger charge is -2.13. The number of benzene rings is 2. The van der Waals surface area contributed by atoms with E-state index in [0.717, 1.165) is 0 Å². The number of carbonyl (C=O) groups excluding carboxylic acids is 3. The van der Waals surface area contributed by atoms with Crippen molar-refractivity contribution in [1.82, 2.24) is 10.7 Å². The van der Waals surface area contributed by atoms with Gasteiger partial charge in [-0.05, 0) is 71.7 Å². The molecule has 0 fully saturated rings. The number of amides is 3. The quantitative estimate of drug-likeness (QED) is 0.251. The Labute approximate surface area is 199 Å². The van der Waals surface area contributed by atoms with Crippen LogP contribution in [-0.2, 0) is 14.4 Å². The Morgan fingerprint density at radius 2 is 1.79 bits per heavy atom. The molecule has 0 aliphatic heterocycles. The summed E-state index contributed by atoms with van der Waals surface area (Å²) < 4.78 is 16.9. The number of carbonyl (C=O) groups is 3. The zero-order valence-corrected chi connectivity index (χ0v) is 20.0. The van der Waals surface area contributed by atoms with Gasteiger partial charge in [0.15, 0.2) is 18.1 Å². The zero-order chi connectivity index (χ0) is 24.2. The van der Waals surface area contributed by atoms with E-state index in [-0.39, 0.29) is 12.5 Å². The number of ether oxygens (including phenoxy) is 3. The lowest BCUT2D eigenvalue weighted by molar-refractivity contribution is -0.139. The number of anilines is 1. The summed E-state index contributed by atoms with van der Waals surface area (Å²) >= 11 is 3.38. The van der Waals surface area contributed by atoms with Crippen molar-refractivity contribution in [3.8, 4) is 17.2 Å². The van der Waals surface area contributed by atoms with Crippen LogP contribution in [-0.4, -0.2) is 50.8 Å². The maximum absolute atomic E-state index is 12.3. The second-order valence-corrected chi connectivity index (χ2v) is 7.24. The Morgan fingerprint density at radius 3 is 2.42 bits per heavy atom. The number of halogens is 1. The van der Waals surface area contributed by atoms with E-state index in [1.54, 1.807) is 43.3 Å². The van der Waals surface area contributed by atoms with E-state index in [1.807, 2.05) is 6.92 Å². The Hall–Kier alpha value is -3.60. The topological polar surface area (TPSA) is 127 Å². The van der Waals surface area contributed by atoms with Crippen LogP contribution in [0.3, 0.4) is 0 Å². The first-order chi connectivity index (χ1) is 15.9. The highest BCUT2D eigenvalue weighted by atomic mass is 79.9. The second kappa shape index (κ2) is 13.1. The van der Waals surface area contributed by atoms with Crippen molar-refractivity contribution in [2.75, 3.05) is 32.2 Å². The number of methoxy groups -OCH3 is 1. The first-order valence-corrected chi connectivity index (χ1v) is 10.8. The van der Waals surface area contributed by atoms with Crippen molar-refractivity contribution in [2.45, 2.75) is 13.8 Å². The molecule has 3 amide bonds. The van der Waals surface area contributed by atoms with Crippen LogP contribution in [0.5, 0.6) is 17.2 Å². The van der Waals surface area contributed by atoms with Gasteiger partial charge in [0.05, 0.1) is 24.4 Å². The summed E-state index contributed by atoms with van der Waals surface area (Å²) in [4.78, 5) is 35.2. The van der Waals surface area contributed by atoms with Gasteiger partial charge >= 0.3 is 11.8 Å². The molecular formula is C22H25BrN4O6. The van der Waals surface area contributed by atoms with Crippen LogP contribution in [0.1, 0.15) is 19.4 Å². The Kier molecular flexibility index (Phi) is 10.2. The van der Waals surface area contributed by atoms with E-state index in [4.69, 9.17) is 14.2 Å². The second-order valence-electron chi connectivity index (χ2n) is 6.39. The Morgan fingerprint density at radius 1 is 1.06 bits per heavy atom. The maximum atomic E-state index is 12.3. The average Bonchev–Trinajstić information content (AvgIpc) is 2.79. The summed E-state index contributed by atoms with van der Waals surface area (Å²) in [5.41, 5.74) is 3.30. The highest BCUT2D eigenvalue weighted by Crippen LogP contribution is 2.36. The third kappa shape index (κ3) is 8.11. The van der Waals surface area contributed by atoms with E-state index >= 15 is 0 Å². The lowest BCUT2D eigenvalue weighted by atomic mass is 10.2. The fraction of sp³-hybridized carbons (Fsp3) is 0.273. The molecule has 2 rings (SSSR count). The predicted molar refractivity (Wildman–Crippen MR) is 127 cm³/mol. The molecule has 3 N–H and O–H groups in total. The molecule has 0 spiro atoms. The molecule has 0 bridgehead atoms. The summed E-state index contributed by atoms with van der Waals surface area (Å²) in [5, 5.41) is 8.86. The molecule has 0 saturated carbocycles. The molecule has 10 nitrogen and oxygen atoms in total. The van der Waals surface area contributed by atoms with Gasteiger partial charge in [-0.2, -0.15) is 5.10 Å². The first-order valence-electron chi connectivity index (χ1n) is 10.0. The number of rotatable bonds is 10. The monoisotopic (exact) mass is 520 g/mol. The van der Waals surface area contributed by atoms with Gasteiger partial charge in [-0.15, -0.1) is 0 Å². The minimum atomic E-state index is -0.877. The van der Waals surface area contributed by atoms with Crippen LogP contribution in [0.15, 0.2) is 46.0 Å². The van der Waals surface area contributed by atoms with Crippen molar-refractivity contribution < 1.29 is 28.6 Å². The van der Waals surface area contributed by atoms with Gasteiger partial charge in [0.1, 0.15) is 5.75 Å². The fourth-order valence-corrected chi connectivity index (χ4v) is 3.12. The smallest absolute Gasteiger partial charge is 0.329 e. The van der Waals surface area contributed by atoms with E-state index in [9.17, 15) is 14.4 Å². The van der Waals surface area contributed by atoms with Gasteiger partial charge < -0.3 is 24.8 Å². The van der Waals surface area contributed by atoms with E-state index in [1.165, 1.54) is 13.3 Å². The fourth-order valence-electron chi connectivity index (χ4n) is 2.55. The van der Waals surface area contributed by atoms with Gasteiger partial charge in [0, 0.05) is 12.2 Å². The lowest BCUT2D eigenvalue weighted by Crippen LogP contribution is -2.37. The standard InChI is InChI=1S/C22H25BrN4O6/c1-4-24-21(29)22(30)27-25-12-14-10-17(23)20(18(11-14)31-3)33-13-19(28)26-15-6-8-16(9-7-15)32-5-2/h6-12H,4-5,13H2,1-3H3,(H,24,29)(H,26,28)(H,27,30)/b25-12-. The minimum Gasteiger partial charge on any atom is -0.494 e. The van der Waals surface area contributed by atoms with Crippen LogP contribution in [0.25, 0.3) is 0 Å². The van der Waals surface area contributed by atoms with Gasteiger partial charge in [-0.3, -0.25) is 14.4 Å². The number of hydrogen-bond acceptors (Lipinski definition) is 7. The number of hydrogen-bond donors (Lipinski definition) is 3. The van der Waals surface area contributed by atoms with E-state index in [2.05, 4.69) is 37.1 Å². The molecule has 0 atom stereocenters. The molecule has 33 heavy (non-hydrogen) atoms. The van der Waals surface area contributed by atoms with Crippen LogP contribution >= 0.6 is 15.9 Å². The van der Waals surface area contributed by atoms with Crippen molar-refractivity contribution in [1.29, 1.82) is 0 Å². The third-order valence-corrected chi connectivity index (χ3v) is 4.56. The van der Waals surface area contributed by atoms with Gasteiger partial charge in [-0.1, -0.05) is 0 Å². The molecule has 0 aliphatic carbocycles. The molecule has 2 aromatic carbocycles. The number of likely N-dealkylation sites (N-methyl/N-ethyl adjacent to an activating group) is 1. The highest BCUT2D eigenvalue weighted by molar-refractivity contribution is 9.10. The molecular weight excluding hydrogens is 496 g/mol. The highest BCUT2D eigenvalue weighted by Gasteiger charge is 2.14. The summed E-state index contributed by atoms with van der Waals surface area (Å²) in [6.07, 6.45) is 1.34. The molecule has 0 unspecified atom stereocenters. The van der Waals surface area contributed by atoms with Gasteiger partial charge in [-0.25, -0.2) is 5.43 Å². The van der Waals surface area contributed by atoms with Crippen molar-refractivity contribution in [3.63, 3.8) is 0 Å². The molecule has 0 aromatic heterocycles. The molecule has 0 saturated heterocycles. The SMILES string of the molecule is CCNC(=O)C(=O)N/N=C\c1cc(Br)c(OCC(=O)Nc2ccc(OCC)cc2)c(OC)c1. The minimum absolute atomic E-state index is 0.252. The van der Waals surface area contributed by atoms with Gasteiger partial charge in [0.2, 0.25) is 0 Å².